The molecule has 0 saturated heterocycles. The molecule has 0 saturated carbocycles. The number of halogens is 1. The minimum absolute atomic E-state index is 0.684. The van der Waals surface area contributed by atoms with Crippen molar-refractivity contribution in [2.24, 2.45) is 0 Å². The Bertz CT molecular complexity index is 572. The van der Waals surface area contributed by atoms with Gasteiger partial charge in [0, 0.05) is 22.6 Å². The van der Waals surface area contributed by atoms with E-state index in [1.54, 1.807) is 20.4 Å². The summed E-state index contributed by atoms with van der Waals surface area (Å²) < 4.78 is 11.8. The number of pyridine rings is 1. The van der Waals surface area contributed by atoms with Crippen LogP contribution in [0.2, 0.25) is 0 Å². The average molecular weight is 311 g/mol. The van der Waals surface area contributed by atoms with Crippen molar-refractivity contribution in [2.75, 3.05) is 26.1 Å². The Labute approximate surface area is 114 Å². The van der Waals surface area contributed by atoms with Gasteiger partial charge in [-0.15, -0.1) is 0 Å². The van der Waals surface area contributed by atoms with Crippen LogP contribution in [0.15, 0.2) is 22.8 Å². The van der Waals surface area contributed by atoms with Gasteiger partial charge in [0.1, 0.15) is 5.82 Å². The zero-order valence-electron chi connectivity index (χ0n) is 10.6. The highest BCUT2D eigenvalue weighted by Gasteiger charge is 2.16. The van der Waals surface area contributed by atoms with Gasteiger partial charge in [-0.25, -0.2) is 4.98 Å². The summed E-state index contributed by atoms with van der Waals surface area (Å²) in [6, 6.07) is 3.85. The van der Waals surface area contributed by atoms with Gasteiger partial charge in [-0.1, -0.05) is 15.9 Å². The smallest absolute Gasteiger partial charge is 0.172 e. The van der Waals surface area contributed by atoms with Gasteiger partial charge in [0.2, 0.25) is 0 Å². The quantitative estimate of drug-likeness (QED) is 0.939. The zero-order chi connectivity index (χ0) is 13.1. The molecular weight excluding hydrogens is 296 g/mol. The lowest BCUT2D eigenvalue weighted by Gasteiger charge is -2.15. The van der Waals surface area contributed by atoms with Crippen molar-refractivity contribution in [3.05, 3.63) is 22.8 Å². The maximum atomic E-state index is 5.47. The van der Waals surface area contributed by atoms with E-state index in [0.29, 0.717) is 11.5 Å². The molecule has 0 spiro atoms. The van der Waals surface area contributed by atoms with Crippen LogP contribution in [0.5, 0.6) is 11.5 Å². The number of rotatable bonds is 4. The summed E-state index contributed by atoms with van der Waals surface area (Å²) in [4.78, 5) is 4.35. The second kappa shape index (κ2) is 5.44. The highest BCUT2D eigenvalue weighted by atomic mass is 79.9. The average Bonchev–Trinajstić information content (AvgIpc) is 2.39. The van der Waals surface area contributed by atoms with Crippen LogP contribution in [0.3, 0.4) is 0 Å². The third kappa shape index (κ3) is 2.10. The summed E-state index contributed by atoms with van der Waals surface area (Å²) in [5.74, 6) is 2.18. The van der Waals surface area contributed by atoms with Gasteiger partial charge in [0.15, 0.2) is 11.5 Å². The van der Waals surface area contributed by atoms with Crippen LogP contribution >= 0.6 is 15.9 Å². The van der Waals surface area contributed by atoms with Crippen LogP contribution in [-0.4, -0.2) is 25.7 Å². The summed E-state index contributed by atoms with van der Waals surface area (Å²) in [6.07, 6.45) is 1.77. The van der Waals surface area contributed by atoms with E-state index < -0.39 is 0 Å². The highest BCUT2D eigenvalue weighted by molar-refractivity contribution is 9.10. The number of hydrogen-bond acceptors (Lipinski definition) is 4. The van der Waals surface area contributed by atoms with Gasteiger partial charge in [-0.05, 0) is 19.1 Å². The summed E-state index contributed by atoms with van der Waals surface area (Å²) in [6.45, 7) is 2.83. The minimum atomic E-state index is 0.684. The third-order valence-electron chi connectivity index (χ3n) is 2.69. The number of fused-ring (bicyclic) bond motifs is 1. The molecule has 0 bridgehead atoms. The van der Waals surface area contributed by atoms with Gasteiger partial charge >= 0.3 is 0 Å². The number of methoxy groups -OCH3 is 2. The van der Waals surface area contributed by atoms with Crippen molar-refractivity contribution < 1.29 is 9.47 Å². The maximum absolute atomic E-state index is 5.47. The van der Waals surface area contributed by atoms with E-state index in [2.05, 4.69) is 26.2 Å². The van der Waals surface area contributed by atoms with Crippen molar-refractivity contribution in [3.8, 4) is 11.5 Å². The molecule has 4 nitrogen and oxygen atoms in total. The Kier molecular flexibility index (Phi) is 3.91. The molecule has 0 aliphatic heterocycles. The van der Waals surface area contributed by atoms with Crippen molar-refractivity contribution >= 4 is 32.5 Å². The van der Waals surface area contributed by atoms with Crippen LogP contribution in [-0.2, 0) is 0 Å². The summed E-state index contributed by atoms with van der Waals surface area (Å²) in [5, 5.41) is 5.20. The molecule has 2 aromatic rings. The van der Waals surface area contributed by atoms with Gasteiger partial charge in [0.05, 0.1) is 19.6 Å². The summed E-state index contributed by atoms with van der Waals surface area (Å²) in [7, 11) is 3.26. The van der Waals surface area contributed by atoms with Crippen LogP contribution in [0.1, 0.15) is 6.92 Å². The van der Waals surface area contributed by atoms with Crippen LogP contribution in [0.4, 0.5) is 5.82 Å². The van der Waals surface area contributed by atoms with E-state index in [0.717, 1.165) is 27.6 Å². The first kappa shape index (κ1) is 13.0. The highest BCUT2D eigenvalue weighted by Crippen LogP contribution is 2.42. The Hall–Kier alpha value is -1.49. The fraction of sp³-hybridized carbons (Fsp3) is 0.308. The van der Waals surface area contributed by atoms with E-state index >= 15 is 0 Å². The van der Waals surface area contributed by atoms with Gasteiger partial charge in [0.25, 0.3) is 0 Å². The molecule has 0 atom stereocenters. The van der Waals surface area contributed by atoms with Crippen molar-refractivity contribution in [1.29, 1.82) is 0 Å². The molecule has 96 valence electrons. The zero-order valence-corrected chi connectivity index (χ0v) is 12.2. The van der Waals surface area contributed by atoms with Gasteiger partial charge in [-0.3, -0.25) is 0 Å². The number of nitrogens with zero attached hydrogens (tertiary/aromatic N) is 1. The molecule has 2 rings (SSSR count). The van der Waals surface area contributed by atoms with Crippen LogP contribution in [0.25, 0.3) is 10.8 Å². The molecule has 0 radical (unpaired) electrons. The fourth-order valence-corrected chi connectivity index (χ4v) is 2.47. The molecule has 5 heteroatoms. The Balaban J connectivity index is 2.84. The number of benzene rings is 1. The lowest BCUT2D eigenvalue weighted by molar-refractivity contribution is 0.358. The van der Waals surface area contributed by atoms with E-state index in [-0.39, 0.29) is 0 Å². The third-order valence-corrected chi connectivity index (χ3v) is 3.34. The number of aromatic nitrogens is 1. The number of ether oxygens (including phenoxy) is 2. The molecule has 0 amide bonds. The van der Waals surface area contributed by atoms with Crippen molar-refractivity contribution in [1.82, 2.24) is 4.98 Å². The Morgan fingerprint density at radius 2 is 2.11 bits per heavy atom. The predicted molar refractivity (Wildman–Crippen MR) is 76.7 cm³/mol. The second-order valence-electron chi connectivity index (χ2n) is 3.71. The van der Waals surface area contributed by atoms with E-state index in [1.165, 1.54) is 0 Å². The number of nitrogens with one attached hydrogen (secondary N) is 1. The predicted octanol–water partition coefficient (Wildman–Crippen LogP) is 3.45. The number of hydrogen-bond donors (Lipinski definition) is 1. The second-order valence-corrected chi connectivity index (χ2v) is 4.56. The van der Waals surface area contributed by atoms with Gasteiger partial charge in [-0.2, -0.15) is 0 Å². The largest absolute Gasteiger partial charge is 0.493 e. The first-order chi connectivity index (χ1) is 8.72. The van der Waals surface area contributed by atoms with E-state index in [4.69, 9.17) is 9.47 Å². The van der Waals surface area contributed by atoms with E-state index in [9.17, 15) is 0 Å². The monoisotopic (exact) mass is 310 g/mol. The molecule has 1 aromatic heterocycles. The van der Waals surface area contributed by atoms with Crippen molar-refractivity contribution in [2.45, 2.75) is 6.92 Å². The molecule has 0 unspecified atom stereocenters. The molecule has 0 aliphatic carbocycles. The molecular formula is C13H15BrN2O2. The normalized spacial score (nSPS) is 10.4. The van der Waals surface area contributed by atoms with Crippen LogP contribution < -0.4 is 14.8 Å². The molecule has 1 aromatic carbocycles. The molecule has 0 fully saturated rings. The first-order valence-electron chi connectivity index (χ1n) is 5.66. The topological polar surface area (TPSA) is 43.4 Å². The summed E-state index contributed by atoms with van der Waals surface area (Å²) in [5.41, 5.74) is 0. The molecule has 0 aliphatic rings. The lowest BCUT2D eigenvalue weighted by atomic mass is 10.1. The Morgan fingerprint density at radius 1 is 1.33 bits per heavy atom. The molecule has 1 N–H and O–H groups in total. The fourth-order valence-electron chi connectivity index (χ4n) is 1.93. The Morgan fingerprint density at radius 3 is 2.72 bits per heavy atom. The summed E-state index contributed by atoms with van der Waals surface area (Å²) >= 11 is 3.55. The first-order valence-corrected chi connectivity index (χ1v) is 6.45. The molecule has 1 heterocycles. The minimum Gasteiger partial charge on any atom is -0.493 e. The van der Waals surface area contributed by atoms with Gasteiger partial charge < -0.3 is 14.8 Å². The van der Waals surface area contributed by atoms with Crippen LogP contribution in [0, 0.1) is 0 Å². The van der Waals surface area contributed by atoms with E-state index in [1.807, 2.05) is 19.1 Å². The SMILES string of the molecule is CCNc1nccc2c(Br)cc(OC)c(OC)c12. The van der Waals surface area contributed by atoms with Crippen molar-refractivity contribution in [3.63, 3.8) is 0 Å². The maximum Gasteiger partial charge on any atom is 0.172 e. The lowest BCUT2D eigenvalue weighted by Crippen LogP contribution is -2.02. The molecule has 18 heavy (non-hydrogen) atoms. The number of anilines is 1. The standard InChI is InChI=1S/C13H15BrN2O2/c1-4-15-13-11-8(5-6-16-13)9(14)7-10(17-2)12(11)18-3/h5-7H,4H2,1-3H3,(H,15,16).